The number of rotatable bonds is 3. The Kier molecular flexibility index (Phi) is 3.75. The minimum Gasteiger partial charge on any atom is -0.347 e. The number of nitrogens with zero attached hydrogens (tertiary/aromatic N) is 5. The minimum absolute atomic E-state index is 0.00273. The molecule has 6 heteroatoms. The van der Waals surface area contributed by atoms with E-state index in [4.69, 9.17) is 0 Å². The fourth-order valence-electron chi connectivity index (χ4n) is 2.52. The van der Waals surface area contributed by atoms with Crippen molar-refractivity contribution in [2.75, 3.05) is 32.1 Å². The Bertz CT molecular complexity index is 680. The quantitative estimate of drug-likeness (QED) is 0.859. The van der Waals surface area contributed by atoms with Crippen molar-refractivity contribution in [3.63, 3.8) is 0 Å². The highest BCUT2D eigenvalue weighted by atomic mass is 16.2. The van der Waals surface area contributed by atoms with Crippen LogP contribution in [0.25, 0.3) is 0 Å². The first-order valence-corrected chi connectivity index (χ1v) is 7.26. The molecule has 3 heterocycles. The number of anilines is 1. The Morgan fingerprint density at radius 2 is 2.09 bits per heavy atom. The second-order valence-corrected chi connectivity index (χ2v) is 5.76. The second kappa shape index (κ2) is 5.71. The maximum Gasteiger partial charge on any atom is 0.257 e. The normalized spacial score (nSPS) is 14.6. The van der Waals surface area contributed by atoms with Gasteiger partial charge in [-0.2, -0.15) is 0 Å². The Labute approximate surface area is 129 Å². The number of hydrogen-bond acceptors (Lipinski definition) is 5. The van der Waals surface area contributed by atoms with Gasteiger partial charge in [-0.3, -0.25) is 9.78 Å². The Balaban J connectivity index is 1.69. The van der Waals surface area contributed by atoms with Gasteiger partial charge in [-0.05, 0) is 18.6 Å². The molecule has 0 N–H and O–H groups in total. The van der Waals surface area contributed by atoms with E-state index in [0.29, 0.717) is 23.1 Å². The Morgan fingerprint density at radius 3 is 2.68 bits per heavy atom. The molecule has 0 atom stereocenters. The highest BCUT2D eigenvalue weighted by Crippen LogP contribution is 2.28. The molecular formula is C16H19N5O. The molecule has 1 aliphatic heterocycles. The first kappa shape index (κ1) is 14.4. The summed E-state index contributed by atoms with van der Waals surface area (Å²) < 4.78 is 0. The van der Waals surface area contributed by atoms with Crippen LogP contribution in [0.1, 0.15) is 27.5 Å². The summed E-state index contributed by atoms with van der Waals surface area (Å²) in [5, 5.41) is 0. The van der Waals surface area contributed by atoms with Crippen molar-refractivity contribution in [1.82, 2.24) is 19.9 Å². The van der Waals surface area contributed by atoms with Gasteiger partial charge in [0.2, 0.25) is 5.95 Å². The number of aromatic nitrogens is 3. The minimum atomic E-state index is 0.00273. The zero-order valence-corrected chi connectivity index (χ0v) is 13.0. The molecule has 114 valence electrons. The van der Waals surface area contributed by atoms with Crippen LogP contribution in [-0.2, 0) is 0 Å². The molecule has 22 heavy (non-hydrogen) atoms. The standard InChI is InChI=1S/C16H19N5O/c1-11-14(8-18-16(19-11)20(2)3)15(22)21-9-13(10-21)12-5-4-6-17-7-12/h4-8,13H,9-10H2,1-3H3. The molecule has 0 bridgehead atoms. The number of pyridine rings is 1. The smallest absolute Gasteiger partial charge is 0.257 e. The summed E-state index contributed by atoms with van der Waals surface area (Å²) in [5.74, 6) is 0.994. The average molecular weight is 297 g/mol. The number of carbonyl (C=O) groups is 1. The van der Waals surface area contributed by atoms with Gasteiger partial charge in [0.25, 0.3) is 5.91 Å². The van der Waals surface area contributed by atoms with Crippen molar-refractivity contribution in [2.24, 2.45) is 0 Å². The van der Waals surface area contributed by atoms with Crippen LogP contribution in [0.5, 0.6) is 0 Å². The van der Waals surface area contributed by atoms with E-state index < -0.39 is 0 Å². The van der Waals surface area contributed by atoms with Crippen LogP contribution in [0.4, 0.5) is 5.95 Å². The van der Waals surface area contributed by atoms with E-state index in [2.05, 4.69) is 21.0 Å². The van der Waals surface area contributed by atoms with Crippen molar-refractivity contribution < 1.29 is 4.79 Å². The fraction of sp³-hybridized carbons (Fsp3) is 0.375. The molecular weight excluding hydrogens is 278 g/mol. The topological polar surface area (TPSA) is 62.2 Å². The lowest BCUT2D eigenvalue weighted by Gasteiger charge is -2.39. The largest absolute Gasteiger partial charge is 0.347 e. The predicted molar refractivity (Wildman–Crippen MR) is 84.0 cm³/mol. The molecule has 1 saturated heterocycles. The third kappa shape index (κ3) is 2.64. The van der Waals surface area contributed by atoms with Crippen molar-refractivity contribution >= 4 is 11.9 Å². The van der Waals surface area contributed by atoms with E-state index in [1.54, 1.807) is 12.4 Å². The van der Waals surface area contributed by atoms with Gasteiger partial charge in [-0.25, -0.2) is 9.97 Å². The molecule has 2 aromatic rings. The van der Waals surface area contributed by atoms with E-state index in [1.165, 1.54) is 5.56 Å². The van der Waals surface area contributed by atoms with Gasteiger partial charge in [0.15, 0.2) is 0 Å². The SMILES string of the molecule is Cc1nc(N(C)C)ncc1C(=O)N1CC(c2cccnc2)C1. The van der Waals surface area contributed by atoms with Crippen molar-refractivity contribution in [3.05, 3.63) is 47.5 Å². The summed E-state index contributed by atoms with van der Waals surface area (Å²) in [5.41, 5.74) is 2.48. The van der Waals surface area contributed by atoms with Gasteiger partial charge in [0, 0.05) is 51.7 Å². The lowest BCUT2D eigenvalue weighted by molar-refractivity contribution is 0.0600. The maximum atomic E-state index is 12.5. The second-order valence-electron chi connectivity index (χ2n) is 5.76. The molecule has 0 unspecified atom stereocenters. The van der Waals surface area contributed by atoms with Gasteiger partial charge < -0.3 is 9.80 Å². The summed E-state index contributed by atoms with van der Waals surface area (Å²) in [6.45, 7) is 3.29. The van der Waals surface area contributed by atoms with Crippen LogP contribution >= 0.6 is 0 Å². The molecule has 0 aliphatic carbocycles. The monoisotopic (exact) mass is 297 g/mol. The van der Waals surface area contributed by atoms with E-state index >= 15 is 0 Å². The zero-order valence-electron chi connectivity index (χ0n) is 13.0. The van der Waals surface area contributed by atoms with Crippen LogP contribution in [0.2, 0.25) is 0 Å². The molecule has 6 nitrogen and oxygen atoms in total. The molecule has 0 saturated carbocycles. The lowest BCUT2D eigenvalue weighted by atomic mass is 9.92. The first-order valence-electron chi connectivity index (χ1n) is 7.26. The Morgan fingerprint density at radius 1 is 1.32 bits per heavy atom. The third-order valence-electron chi connectivity index (χ3n) is 3.92. The number of amides is 1. The van der Waals surface area contributed by atoms with E-state index in [-0.39, 0.29) is 5.91 Å². The van der Waals surface area contributed by atoms with Crippen LogP contribution < -0.4 is 4.90 Å². The summed E-state index contributed by atoms with van der Waals surface area (Å²) >= 11 is 0. The van der Waals surface area contributed by atoms with Gasteiger partial charge in [0.1, 0.15) is 0 Å². The highest BCUT2D eigenvalue weighted by molar-refractivity contribution is 5.95. The van der Waals surface area contributed by atoms with E-state index in [0.717, 1.165) is 13.1 Å². The molecule has 0 radical (unpaired) electrons. The van der Waals surface area contributed by atoms with Crippen LogP contribution in [-0.4, -0.2) is 52.9 Å². The van der Waals surface area contributed by atoms with Gasteiger partial charge in [-0.1, -0.05) is 6.07 Å². The van der Waals surface area contributed by atoms with Crippen LogP contribution in [0.3, 0.4) is 0 Å². The number of aryl methyl sites for hydroxylation is 1. The van der Waals surface area contributed by atoms with Crippen molar-refractivity contribution in [1.29, 1.82) is 0 Å². The molecule has 3 rings (SSSR count). The summed E-state index contributed by atoms with van der Waals surface area (Å²) in [7, 11) is 3.76. The molecule has 0 spiro atoms. The summed E-state index contributed by atoms with van der Waals surface area (Å²) in [4.78, 5) is 28.9. The zero-order chi connectivity index (χ0) is 15.7. The van der Waals surface area contributed by atoms with E-state index in [9.17, 15) is 4.79 Å². The van der Waals surface area contributed by atoms with Gasteiger partial charge in [0.05, 0.1) is 11.3 Å². The number of carbonyl (C=O) groups excluding carboxylic acids is 1. The maximum absolute atomic E-state index is 12.5. The average Bonchev–Trinajstić information content (AvgIpc) is 2.46. The van der Waals surface area contributed by atoms with Gasteiger partial charge in [-0.15, -0.1) is 0 Å². The number of likely N-dealkylation sites (tertiary alicyclic amines) is 1. The fourth-order valence-corrected chi connectivity index (χ4v) is 2.52. The molecule has 1 fully saturated rings. The highest BCUT2D eigenvalue weighted by Gasteiger charge is 2.33. The van der Waals surface area contributed by atoms with Crippen molar-refractivity contribution in [2.45, 2.75) is 12.8 Å². The Hall–Kier alpha value is -2.50. The first-order chi connectivity index (χ1) is 10.6. The molecule has 1 amide bonds. The van der Waals surface area contributed by atoms with Crippen LogP contribution in [0, 0.1) is 6.92 Å². The lowest BCUT2D eigenvalue weighted by Crippen LogP contribution is -2.48. The van der Waals surface area contributed by atoms with E-state index in [1.807, 2.05) is 43.1 Å². The summed E-state index contributed by atoms with van der Waals surface area (Å²) in [6.07, 6.45) is 5.25. The molecule has 1 aliphatic rings. The van der Waals surface area contributed by atoms with Gasteiger partial charge >= 0.3 is 0 Å². The summed E-state index contributed by atoms with van der Waals surface area (Å²) in [6, 6.07) is 3.98. The molecule has 2 aromatic heterocycles. The van der Waals surface area contributed by atoms with Crippen LogP contribution in [0.15, 0.2) is 30.7 Å². The van der Waals surface area contributed by atoms with Crippen molar-refractivity contribution in [3.8, 4) is 0 Å². The number of hydrogen-bond donors (Lipinski definition) is 0. The third-order valence-corrected chi connectivity index (χ3v) is 3.92. The predicted octanol–water partition coefficient (Wildman–Crippen LogP) is 1.49. The molecule has 0 aromatic carbocycles.